The first-order chi connectivity index (χ1) is 10.6. The number of guanidine groups is 1. The van der Waals surface area contributed by atoms with Gasteiger partial charge in [0.1, 0.15) is 0 Å². The number of nitrogens with one attached hydrogen (secondary N) is 2. The standard InChI is InChI=1S/C16H25Cl2N3OS.HI/c1-11(13-7-6-12(17)10-14(13)18)21-15(19-5)20-8-9-23(22)16(2,3)4;/h6-7,10-11H,8-9H2,1-5H3,(H2,19,20,21);1H. The third-order valence-electron chi connectivity index (χ3n) is 3.27. The van der Waals surface area contributed by atoms with Gasteiger partial charge in [-0.15, -0.1) is 24.0 Å². The van der Waals surface area contributed by atoms with Gasteiger partial charge < -0.3 is 10.6 Å². The summed E-state index contributed by atoms with van der Waals surface area (Å²) >= 11 is 12.1. The Kier molecular flexibility index (Phi) is 10.8. The van der Waals surface area contributed by atoms with E-state index >= 15 is 0 Å². The van der Waals surface area contributed by atoms with Crippen molar-refractivity contribution in [2.75, 3.05) is 19.3 Å². The molecule has 1 aromatic carbocycles. The molecule has 0 spiro atoms. The molecule has 0 aliphatic heterocycles. The van der Waals surface area contributed by atoms with Gasteiger partial charge in [-0.25, -0.2) is 0 Å². The van der Waals surface area contributed by atoms with E-state index in [2.05, 4.69) is 15.6 Å². The van der Waals surface area contributed by atoms with Crippen molar-refractivity contribution in [3.63, 3.8) is 0 Å². The van der Waals surface area contributed by atoms with Gasteiger partial charge in [0.25, 0.3) is 0 Å². The number of nitrogens with zero attached hydrogens (tertiary/aromatic N) is 1. The second-order valence-corrected chi connectivity index (χ2v) is 9.36. The number of rotatable bonds is 5. The maximum atomic E-state index is 12.0. The lowest BCUT2D eigenvalue weighted by atomic mass is 10.1. The molecule has 0 saturated heterocycles. The fourth-order valence-electron chi connectivity index (χ4n) is 1.90. The predicted molar refractivity (Wildman–Crippen MR) is 118 cm³/mol. The van der Waals surface area contributed by atoms with Crippen molar-refractivity contribution in [3.05, 3.63) is 33.8 Å². The minimum atomic E-state index is -0.892. The molecule has 2 atom stereocenters. The van der Waals surface area contributed by atoms with Crippen molar-refractivity contribution in [3.8, 4) is 0 Å². The van der Waals surface area contributed by atoms with Crippen LogP contribution in [0.2, 0.25) is 10.0 Å². The van der Waals surface area contributed by atoms with E-state index in [0.717, 1.165) is 5.56 Å². The van der Waals surface area contributed by atoms with Crippen LogP contribution in [0.3, 0.4) is 0 Å². The van der Waals surface area contributed by atoms with Crippen LogP contribution in [0.1, 0.15) is 39.3 Å². The van der Waals surface area contributed by atoms with E-state index in [-0.39, 0.29) is 34.8 Å². The van der Waals surface area contributed by atoms with Crippen LogP contribution in [-0.2, 0) is 10.8 Å². The molecular formula is C16H26Cl2IN3OS. The number of aliphatic imine (C=N–C) groups is 1. The van der Waals surface area contributed by atoms with Crippen LogP contribution in [0.15, 0.2) is 23.2 Å². The van der Waals surface area contributed by atoms with Crippen molar-refractivity contribution in [1.29, 1.82) is 0 Å². The highest BCUT2D eigenvalue weighted by Gasteiger charge is 2.19. The predicted octanol–water partition coefficient (Wildman–Crippen LogP) is 4.38. The Morgan fingerprint density at radius 2 is 1.96 bits per heavy atom. The summed E-state index contributed by atoms with van der Waals surface area (Å²) in [5.74, 6) is 1.22. The van der Waals surface area contributed by atoms with Crippen molar-refractivity contribution in [2.45, 2.75) is 38.5 Å². The number of hydrogen-bond acceptors (Lipinski definition) is 2. The highest BCUT2D eigenvalue weighted by atomic mass is 127. The van der Waals surface area contributed by atoms with E-state index in [1.54, 1.807) is 13.1 Å². The third kappa shape index (κ3) is 7.89. The highest BCUT2D eigenvalue weighted by molar-refractivity contribution is 14.0. The topological polar surface area (TPSA) is 53.5 Å². The first-order valence-electron chi connectivity index (χ1n) is 7.45. The minimum absolute atomic E-state index is 0. The van der Waals surface area contributed by atoms with Gasteiger partial charge in [-0.1, -0.05) is 29.3 Å². The summed E-state index contributed by atoms with van der Waals surface area (Å²) < 4.78 is 11.8. The molecule has 0 saturated carbocycles. The number of benzene rings is 1. The second-order valence-electron chi connectivity index (χ2n) is 6.19. The Bertz CT molecular complexity index is 591. The van der Waals surface area contributed by atoms with E-state index in [4.69, 9.17) is 23.2 Å². The summed E-state index contributed by atoms with van der Waals surface area (Å²) in [6.07, 6.45) is 0. The number of hydrogen-bond donors (Lipinski definition) is 2. The molecule has 0 aliphatic carbocycles. The van der Waals surface area contributed by atoms with Crippen LogP contribution in [-0.4, -0.2) is 34.3 Å². The van der Waals surface area contributed by atoms with E-state index in [0.29, 0.717) is 28.3 Å². The second kappa shape index (κ2) is 10.8. The molecule has 1 rings (SSSR count). The summed E-state index contributed by atoms with van der Waals surface area (Å²) in [6.45, 7) is 8.50. The lowest BCUT2D eigenvalue weighted by Crippen LogP contribution is -2.41. The average Bonchev–Trinajstić information content (AvgIpc) is 2.44. The summed E-state index contributed by atoms with van der Waals surface area (Å²) in [7, 11) is 0.809. The Morgan fingerprint density at radius 1 is 1.33 bits per heavy atom. The van der Waals surface area contributed by atoms with Crippen LogP contribution in [0.4, 0.5) is 0 Å². The van der Waals surface area contributed by atoms with E-state index < -0.39 is 10.8 Å². The van der Waals surface area contributed by atoms with Crippen LogP contribution >= 0.6 is 47.2 Å². The fraction of sp³-hybridized carbons (Fsp3) is 0.562. The Hall–Kier alpha value is -0.0500. The molecule has 0 heterocycles. The van der Waals surface area contributed by atoms with Crippen molar-refractivity contribution in [2.24, 2.45) is 4.99 Å². The zero-order valence-corrected chi connectivity index (χ0v) is 19.3. The summed E-state index contributed by atoms with van der Waals surface area (Å²) in [5.41, 5.74) is 0.942. The molecule has 24 heavy (non-hydrogen) atoms. The van der Waals surface area contributed by atoms with Crippen LogP contribution in [0.5, 0.6) is 0 Å². The number of halogens is 3. The van der Waals surface area contributed by atoms with Gasteiger partial charge in [-0.3, -0.25) is 9.20 Å². The quantitative estimate of drug-likeness (QED) is 0.354. The first-order valence-corrected chi connectivity index (χ1v) is 9.53. The van der Waals surface area contributed by atoms with Crippen LogP contribution in [0, 0.1) is 0 Å². The molecule has 138 valence electrons. The smallest absolute Gasteiger partial charge is 0.191 e. The van der Waals surface area contributed by atoms with Crippen molar-refractivity contribution in [1.82, 2.24) is 10.6 Å². The van der Waals surface area contributed by atoms with Crippen LogP contribution in [0.25, 0.3) is 0 Å². The van der Waals surface area contributed by atoms with Crippen molar-refractivity contribution >= 4 is 63.9 Å². The van der Waals surface area contributed by atoms with Crippen molar-refractivity contribution < 1.29 is 4.21 Å². The zero-order chi connectivity index (χ0) is 17.6. The summed E-state index contributed by atoms with van der Waals surface area (Å²) in [6, 6.07) is 5.40. The van der Waals surface area contributed by atoms with E-state index in [1.807, 2.05) is 39.8 Å². The Labute approximate surface area is 174 Å². The zero-order valence-electron chi connectivity index (χ0n) is 14.7. The van der Waals surface area contributed by atoms with E-state index in [1.165, 1.54) is 0 Å². The first kappa shape index (κ1) is 23.9. The normalized spacial score (nSPS) is 14.5. The monoisotopic (exact) mass is 505 g/mol. The maximum Gasteiger partial charge on any atom is 0.191 e. The third-order valence-corrected chi connectivity index (χ3v) is 5.77. The molecule has 4 nitrogen and oxygen atoms in total. The van der Waals surface area contributed by atoms with E-state index in [9.17, 15) is 4.21 Å². The molecule has 0 fully saturated rings. The van der Waals surface area contributed by atoms with Gasteiger partial charge >= 0.3 is 0 Å². The highest BCUT2D eigenvalue weighted by Crippen LogP contribution is 2.25. The van der Waals surface area contributed by atoms with Gasteiger partial charge in [0.2, 0.25) is 0 Å². The van der Waals surface area contributed by atoms with Gasteiger partial charge in [-0.05, 0) is 45.4 Å². The SMILES string of the molecule is CN=C(NCCS(=O)C(C)(C)C)NC(C)c1ccc(Cl)cc1Cl.I. The molecule has 0 bridgehead atoms. The average molecular weight is 506 g/mol. The maximum absolute atomic E-state index is 12.0. The molecular weight excluding hydrogens is 480 g/mol. The van der Waals surface area contributed by atoms with Crippen LogP contribution < -0.4 is 10.6 Å². The molecule has 2 unspecified atom stereocenters. The largest absolute Gasteiger partial charge is 0.355 e. The molecule has 0 amide bonds. The minimum Gasteiger partial charge on any atom is -0.355 e. The Balaban J connectivity index is 0.00000529. The Morgan fingerprint density at radius 3 is 2.46 bits per heavy atom. The fourth-order valence-corrected chi connectivity index (χ4v) is 3.37. The molecule has 0 aliphatic rings. The summed E-state index contributed by atoms with van der Waals surface area (Å²) in [4.78, 5) is 4.19. The van der Waals surface area contributed by atoms with Gasteiger partial charge in [0, 0.05) is 44.9 Å². The van der Waals surface area contributed by atoms with Gasteiger partial charge in [0.15, 0.2) is 5.96 Å². The van der Waals surface area contributed by atoms with Gasteiger partial charge in [0.05, 0.1) is 6.04 Å². The molecule has 0 radical (unpaired) electrons. The lowest BCUT2D eigenvalue weighted by Gasteiger charge is -2.21. The lowest BCUT2D eigenvalue weighted by molar-refractivity contribution is 0.645. The molecule has 0 aromatic heterocycles. The van der Waals surface area contributed by atoms with Gasteiger partial charge in [-0.2, -0.15) is 0 Å². The molecule has 1 aromatic rings. The summed E-state index contributed by atoms with van der Waals surface area (Å²) in [5, 5.41) is 7.67. The molecule has 2 N–H and O–H groups in total. The molecule has 8 heteroatoms.